The molecule has 0 aliphatic carbocycles. The molecule has 2 aromatic carbocycles. The van der Waals surface area contributed by atoms with Crippen LogP contribution in [0.25, 0.3) is 0 Å². The van der Waals surface area contributed by atoms with Crippen LogP contribution < -0.4 is 9.62 Å². The normalized spacial score (nSPS) is 12.1. The molecule has 0 radical (unpaired) electrons. The van der Waals surface area contributed by atoms with Crippen LogP contribution in [-0.4, -0.2) is 50.5 Å². The first-order valence-corrected chi connectivity index (χ1v) is 11.6. The first-order valence-electron chi connectivity index (χ1n) is 9.79. The highest BCUT2D eigenvalue weighted by molar-refractivity contribution is 7.92. The Morgan fingerprint density at radius 2 is 1.63 bits per heavy atom. The number of aryl methyl sites for hydroxylation is 1. The van der Waals surface area contributed by atoms with E-state index < -0.39 is 28.5 Å². The van der Waals surface area contributed by atoms with Crippen molar-refractivity contribution in [3.63, 3.8) is 0 Å². The summed E-state index contributed by atoms with van der Waals surface area (Å²) >= 11 is 0. The molecule has 0 fully saturated rings. The Morgan fingerprint density at radius 1 is 1.03 bits per heavy atom. The highest BCUT2D eigenvalue weighted by Crippen LogP contribution is 2.19. The van der Waals surface area contributed by atoms with Crippen molar-refractivity contribution in [3.05, 3.63) is 65.7 Å². The van der Waals surface area contributed by atoms with Gasteiger partial charge in [-0.1, -0.05) is 48.0 Å². The highest BCUT2D eigenvalue weighted by atomic mass is 32.2. The van der Waals surface area contributed by atoms with Crippen molar-refractivity contribution in [2.45, 2.75) is 33.4 Å². The van der Waals surface area contributed by atoms with Gasteiger partial charge in [0.2, 0.25) is 21.8 Å². The third-order valence-electron chi connectivity index (χ3n) is 4.72. The van der Waals surface area contributed by atoms with Crippen LogP contribution in [-0.2, 0) is 26.2 Å². The second-order valence-corrected chi connectivity index (χ2v) is 9.09. The van der Waals surface area contributed by atoms with Gasteiger partial charge in [0, 0.05) is 13.1 Å². The molecule has 1 atom stereocenters. The van der Waals surface area contributed by atoms with Crippen LogP contribution in [0.1, 0.15) is 25.0 Å². The van der Waals surface area contributed by atoms with Crippen molar-refractivity contribution >= 4 is 27.5 Å². The van der Waals surface area contributed by atoms with Crippen molar-refractivity contribution in [1.29, 1.82) is 0 Å². The van der Waals surface area contributed by atoms with Gasteiger partial charge in [-0.25, -0.2) is 8.42 Å². The smallest absolute Gasteiger partial charge is 0.244 e. The number of likely N-dealkylation sites (N-methyl/N-ethyl adjacent to an activating group) is 1. The van der Waals surface area contributed by atoms with E-state index in [9.17, 15) is 18.0 Å². The van der Waals surface area contributed by atoms with Gasteiger partial charge in [-0.15, -0.1) is 0 Å². The lowest BCUT2D eigenvalue weighted by Gasteiger charge is -2.31. The Hall–Kier alpha value is -2.87. The van der Waals surface area contributed by atoms with E-state index >= 15 is 0 Å². The number of carbonyl (C=O) groups is 2. The van der Waals surface area contributed by atoms with Gasteiger partial charge >= 0.3 is 0 Å². The Kier molecular flexibility index (Phi) is 8.00. The highest BCUT2D eigenvalue weighted by Gasteiger charge is 2.29. The summed E-state index contributed by atoms with van der Waals surface area (Å²) in [4.78, 5) is 27.1. The Labute approximate surface area is 178 Å². The fourth-order valence-corrected chi connectivity index (χ4v) is 3.86. The zero-order valence-corrected chi connectivity index (χ0v) is 18.6. The van der Waals surface area contributed by atoms with Gasteiger partial charge < -0.3 is 10.2 Å². The minimum absolute atomic E-state index is 0.198. The molecule has 1 N–H and O–H groups in total. The largest absolute Gasteiger partial charge is 0.355 e. The van der Waals surface area contributed by atoms with Crippen LogP contribution in [0.2, 0.25) is 0 Å². The molecule has 0 heterocycles. The number of sulfonamides is 1. The molecule has 0 unspecified atom stereocenters. The van der Waals surface area contributed by atoms with E-state index in [1.54, 1.807) is 38.1 Å². The number of amides is 2. The molecule has 0 bridgehead atoms. The zero-order chi connectivity index (χ0) is 22.3. The van der Waals surface area contributed by atoms with Gasteiger partial charge in [0.25, 0.3) is 0 Å². The summed E-state index contributed by atoms with van der Waals surface area (Å²) in [6, 6.07) is 15.4. The first kappa shape index (κ1) is 23.4. The summed E-state index contributed by atoms with van der Waals surface area (Å²) in [5, 5.41) is 2.72. The fourth-order valence-electron chi connectivity index (χ4n) is 3.01. The Bertz CT molecular complexity index is 960. The van der Waals surface area contributed by atoms with Crippen molar-refractivity contribution in [2.24, 2.45) is 0 Å². The van der Waals surface area contributed by atoms with Crippen LogP contribution in [0, 0.1) is 6.92 Å². The van der Waals surface area contributed by atoms with E-state index in [0.717, 1.165) is 21.7 Å². The molecular formula is C22H29N3O4S. The molecule has 0 aromatic heterocycles. The summed E-state index contributed by atoms with van der Waals surface area (Å²) in [7, 11) is -3.70. The van der Waals surface area contributed by atoms with E-state index in [1.807, 2.05) is 37.3 Å². The number of rotatable bonds is 9. The van der Waals surface area contributed by atoms with Crippen LogP contribution in [0.4, 0.5) is 5.69 Å². The van der Waals surface area contributed by atoms with Gasteiger partial charge in [0.15, 0.2) is 0 Å². The molecule has 30 heavy (non-hydrogen) atoms. The third-order valence-corrected chi connectivity index (χ3v) is 5.86. The second-order valence-electron chi connectivity index (χ2n) is 7.18. The molecule has 0 aliphatic heterocycles. The van der Waals surface area contributed by atoms with Crippen molar-refractivity contribution in [2.75, 3.05) is 23.7 Å². The Morgan fingerprint density at radius 3 is 2.17 bits per heavy atom. The standard InChI is InChI=1S/C22H29N3O4S/c1-5-23-22(27)18(3)24(15-19-9-7-6-8-10-19)21(26)16-25(30(4,28)29)20-13-11-17(2)12-14-20/h6-14,18H,5,15-16H2,1-4H3,(H,23,27)/t18-/m1/s1. The minimum Gasteiger partial charge on any atom is -0.355 e. The lowest BCUT2D eigenvalue weighted by atomic mass is 10.1. The number of hydrogen-bond acceptors (Lipinski definition) is 4. The maximum Gasteiger partial charge on any atom is 0.244 e. The SMILES string of the molecule is CCNC(=O)[C@@H](C)N(Cc1ccccc1)C(=O)CN(c1ccc(C)cc1)S(C)(=O)=O. The van der Waals surface area contributed by atoms with E-state index in [0.29, 0.717) is 12.2 Å². The zero-order valence-electron chi connectivity index (χ0n) is 17.8. The Balaban J connectivity index is 2.34. The van der Waals surface area contributed by atoms with Gasteiger partial charge in [0.05, 0.1) is 11.9 Å². The number of anilines is 1. The fraction of sp³-hybridized carbons (Fsp3) is 0.364. The molecule has 162 valence electrons. The maximum absolute atomic E-state index is 13.2. The molecule has 2 rings (SSSR count). The van der Waals surface area contributed by atoms with E-state index in [1.165, 1.54) is 4.90 Å². The number of benzene rings is 2. The summed E-state index contributed by atoms with van der Waals surface area (Å²) in [6.45, 7) is 5.59. The van der Waals surface area contributed by atoms with Gasteiger partial charge in [0.1, 0.15) is 12.6 Å². The summed E-state index contributed by atoms with van der Waals surface area (Å²) in [5.41, 5.74) is 2.24. The van der Waals surface area contributed by atoms with Gasteiger partial charge in [-0.3, -0.25) is 13.9 Å². The molecule has 2 amide bonds. The topological polar surface area (TPSA) is 86.8 Å². The molecular weight excluding hydrogens is 402 g/mol. The maximum atomic E-state index is 13.2. The number of carbonyl (C=O) groups excluding carboxylic acids is 2. The molecule has 0 saturated heterocycles. The molecule has 8 heteroatoms. The van der Waals surface area contributed by atoms with Gasteiger partial charge in [-0.2, -0.15) is 0 Å². The van der Waals surface area contributed by atoms with E-state index in [2.05, 4.69) is 5.32 Å². The predicted octanol–water partition coefficient (Wildman–Crippen LogP) is 2.31. The first-order chi connectivity index (χ1) is 14.1. The summed E-state index contributed by atoms with van der Waals surface area (Å²) in [5.74, 6) is -0.744. The van der Waals surface area contributed by atoms with Crippen LogP contribution in [0.15, 0.2) is 54.6 Å². The predicted molar refractivity (Wildman–Crippen MR) is 119 cm³/mol. The number of hydrogen-bond donors (Lipinski definition) is 1. The number of nitrogens with zero attached hydrogens (tertiary/aromatic N) is 2. The molecule has 0 saturated carbocycles. The van der Waals surface area contributed by atoms with Crippen molar-refractivity contribution in [1.82, 2.24) is 10.2 Å². The molecule has 0 aliphatic rings. The molecule has 7 nitrogen and oxygen atoms in total. The molecule has 2 aromatic rings. The van der Waals surface area contributed by atoms with E-state index in [-0.39, 0.29) is 12.5 Å². The second kappa shape index (κ2) is 10.2. The lowest BCUT2D eigenvalue weighted by molar-refractivity contribution is -0.139. The van der Waals surface area contributed by atoms with Crippen LogP contribution in [0.3, 0.4) is 0 Å². The van der Waals surface area contributed by atoms with E-state index in [4.69, 9.17) is 0 Å². The third kappa shape index (κ3) is 6.32. The summed E-state index contributed by atoms with van der Waals surface area (Å²) in [6.07, 6.45) is 1.06. The van der Waals surface area contributed by atoms with Crippen LogP contribution in [0.5, 0.6) is 0 Å². The average Bonchev–Trinajstić information content (AvgIpc) is 2.70. The van der Waals surface area contributed by atoms with Gasteiger partial charge in [-0.05, 0) is 38.5 Å². The summed E-state index contributed by atoms with van der Waals surface area (Å²) < 4.78 is 25.9. The quantitative estimate of drug-likeness (QED) is 0.660. The van der Waals surface area contributed by atoms with Crippen molar-refractivity contribution < 1.29 is 18.0 Å². The van der Waals surface area contributed by atoms with Crippen LogP contribution >= 0.6 is 0 Å². The monoisotopic (exact) mass is 431 g/mol. The minimum atomic E-state index is -3.70. The number of nitrogens with one attached hydrogen (secondary N) is 1. The molecule has 0 spiro atoms. The average molecular weight is 432 g/mol. The van der Waals surface area contributed by atoms with Crippen molar-refractivity contribution in [3.8, 4) is 0 Å². The lowest BCUT2D eigenvalue weighted by Crippen LogP contribution is -2.51.